The van der Waals surface area contributed by atoms with E-state index >= 15 is 0 Å². The fraction of sp³-hybridized carbons (Fsp3) is 0.273. The van der Waals surface area contributed by atoms with Crippen LogP contribution >= 0.6 is 11.6 Å². The SMILES string of the molecule is C=C/C=C\C(=C/C)Cn1cc(C(=O)NCC2COc3ccc(Cl)cc3N(C)C2=O)nn1. The minimum Gasteiger partial charge on any atom is -0.490 e. The van der Waals surface area contributed by atoms with E-state index in [4.69, 9.17) is 16.3 Å². The van der Waals surface area contributed by atoms with Gasteiger partial charge in [0.15, 0.2) is 5.69 Å². The van der Waals surface area contributed by atoms with Gasteiger partial charge in [0.2, 0.25) is 5.91 Å². The molecule has 3 rings (SSSR count). The third-order valence-corrected chi connectivity index (χ3v) is 5.08. The standard InChI is InChI=1S/C22H24ClN5O3/c1-4-6-7-15(5-2)12-28-13-18(25-26-28)21(29)24-11-16-14-31-20-9-8-17(23)10-19(20)27(3)22(16)30/h4-10,13,16H,1,11-12,14H2,2-3H3,(H,24,29)/b7-6-,15-5+. The van der Waals surface area contributed by atoms with Crippen LogP contribution in [0.4, 0.5) is 5.69 Å². The molecule has 9 heteroatoms. The highest BCUT2D eigenvalue weighted by Gasteiger charge is 2.30. The van der Waals surface area contributed by atoms with Gasteiger partial charge in [0.05, 0.1) is 24.3 Å². The van der Waals surface area contributed by atoms with Gasteiger partial charge in [-0.3, -0.25) is 9.59 Å². The number of nitrogens with zero attached hydrogens (tertiary/aromatic N) is 4. The highest BCUT2D eigenvalue weighted by atomic mass is 35.5. The fourth-order valence-corrected chi connectivity index (χ4v) is 3.25. The molecule has 1 aromatic carbocycles. The summed E-state index contributed by atoms with van der Waals surface area (Å²) in [7, 11) is 1.66. The molecule has 1 aliphatic rings. The second-order valence-electron chi connectivity index (χ2n) is 6.99. The average Bonchev–Trinajstić information content (AvgIpc) is 3.20. The zero-order valence-corrected chi connectivity index (χ0v) is 18.2. The molecule has 31 heavy (non-hydrogen) atoms. The van der Waals surface area contributed by atoms with Crippen molar-refractivity contribution in [3.05, 3.63) is 71.6 Å². The van der Waals surface area contributed by atoms with E-state index in [1.165, 1.54) is 4.90 Å². The Labute approximate surface area is 185 Å². The molecule has 2 aromatic rings. The number of fused-ring (bicyclic) bond motifs is 1. The molecule has 0 fully saturated rings. The number of amides is 2. The predicted molar refractivity (Wildman–Crippen MR) is 119 cm³/mol. The first-order chi connectivity index (χ1) is 14.9. The third-order valence-electron chi connectivity index (χ3n) is 4.84. The van der Waals surface area contributed by atoms with Crippen LogP contribution in [0.15, 0.2) is 60.9 Å². The number of anilines is 1. The molecular weight excluding hydrogens is 418 g/mol. The molecule has 2 amide bonds. The minimum atomic E-state index is -0.547. The van der Waals surface area contributed by atoms with E-state index in [1.807, 2.05) is 25.2 Å². The summed E-state index contributed by atoms with van der Waals surface area (Å²) in [4.78, 5) is 26.8. The van der Waals surface area contributed by atoms with E-state index in [0.717, 1.165) is 5.57 Å². The molecule has 0 saturated carbocycles. The molecule has 2 heterocycles. The smallest absolute Gasteiger partial charge is 0.273 e. The maximum Gasteiger partial charge on any atom is 0.273 e. The van der Waals surface area contributed by atoms with Crippen molar-refractivity contribution in [1.29, 1.82) is 0 Å². The monoisotopic (exact) mass is 441 g/mol. The van der Waals surface area contributed by atoms with Gasteiger partial charge in [0, 0.05) is 18.6 Å². The Hall–Kier alpha value is -3.39. The Morgan fingerprint density at radius 3 is 3.00 bits per heavy atom. The van der Waals surface area contributed by atoms with E-state index in [9.17, 15) is 9.59 Å². The summed E-state index contributed by atoms with van der Waals surface area (Å²) in [5, 5.41) is 11.2. The molecule has 1 atom stereocenters. The average molecular weight is 442 g/mol. The Morgan fingerprint density at radius 2 is 2.26 bits per heavy atom. The number of hydrogen-bond acceptors (Lipinski definition) is 5. The van der Waals surface area contributed by atoms with Crippen LogP contribution in [0.5, 0.6) is 5.75 Å². The van der Waals surface area contributed by atoms with Crippen LogP contribution in [-0.4, -0.2) is 47.0 Å². The van der Waals surface area contributed by atoms with E-state index in [2.05, 4.69) is 22.2 Å². The van der Waals surface area contributed by atoms with Crippen LogP contribution in [0.1, 0.15) is 17.4 Å². The van der Waals surface area contributed by atoms with Gasteiger partial charge in [-0.2, -0.15) is 0 Å². The van der Waals surface area contributed by atoms with Crippen molar-refractivity contribution in [2.24, 2.45) is 5.92 Å². The second kappa shape index (κ2) is 10.1. The summed E-state index contributed by atoms with van der Waals surface area (Å²) in [6.45, 7) is 6.29. The number of nitrogens with one attached hydrogen (secondary N) is 1. The van der Waals surface area contributed by atoms with E-state index in [0.29, 0.717) is 23.0 Å². The number of ether oxygens (including phenoxy) is 1. The first-order valence-electron chi connectivity index (χ1n) is 9.75. The topological polar surface area (TPSA) is 89.4 Å². The number of aromatic nitrogens is 3. The third kappa shape index (κ3) is 5.40. The lowest BCUT2D eigenvalue weighted by atomic mass is 10.1. The number of rotatable bonds is 7. The first-order valence-corrected chi connectivity index (χ1v) is 10.1. The lowest BCUT2D eigenvalue weighted by Gasteiger charge is -2.19. The van der Waals surface area contributed by atoms with E-state index < -0.39 is 11.8 Å². The van der Waals surface area contributed by atoms with Crippen molar-refractivity contribution in [3.8, 4) is 5.75 Å². The van der Waals surface area contributed by atoms with Gasteiger partial charge >= 0.3 is 0 Å². The summed E-state index contributed by atoms with van der Waals surface area (Å²) < 4.78 is 7.34. The quantitative estimate of drug-likeness (QED) is 0.667. The number of carbonyl (C=O) groups is 2. The highest BCUT2D eigenvalue weighted by Crippen LogP contribution is 2.34. The van der Waals surface area contributed by atoms with Crippen LogP contribution < -0.4 is 15.0 Å². The van der Waals surface area contributed by atoms with Crippen LogP contribution in [0, 0.1) is 5.92 Å². The summed E-state index contributed by atoms with van der Waals surface area (Å²) in [6.07, 6.45) is 8.94. The van der Waals surface area contributed by atoms with E-state index in [-0.39, 0.29) is 24.8 Å². The van der Waals surface area contributed by atoms with Gasteiger partial charge in [0.25, 0.3) is 5.91 Å². The lowest BCUT2D eigenvalue weighted by Crippen LogP contribution is -2.41. The minimum absolute atomic E-state index is 0.110. The molecule has 162 valence electrons. The zero-order valence-electron chi connectivity index (χ0n) is 17.4. The molecule has 0 radical (unpaired) electrons. The molecule has 0 spiro atoms. The predicted octanol–water partition coefficient (Wildman–Crippen LogP) is 3.02. The summed E-state index contributed by atoms with van der Waals surface area (Å²) >= 11 is 6.04. The first kappa shape index (κ1) is 22.3. The molecule has 0 saturated heterocycles. The van der Waals surface area contributed by atoms with Gasteiger partial charge < -0.3 is 15.0 Å². The second-order valence-corrected chi connectivity index (χ2v) is 7.42. The van der Waals surface area contributed by atoms with Gasteiger partial charge in [-0.1, -0.05) is 47.7 Å². The molecule has 1 aliphatic heterocycles. The van der Waals surface area contributed by atoms with Crippen molar-refractivity contribution >= 4 is 29.1 Å². The van der Waals surface area contributed by atoms with Gasteiger partial charge in [-0.25, -0.2) is 4.68 Å². The zero-order chi connectivity index (χ0) is 22.4. The molecule has 1 unspecified atom stereocenters. The number of benzene rings is 1. The normalized spacial score (nSPS) is 16.6. The van der Waals surface area contributed by atoms with Gasteiger partial charge in [-0.05, 0) is 30.7 Å². The van der Waals surface area contributed by atoms with Crippen molar-refractivity contribution < 1.29 is 14.3 Å². The Morgan fingerprint density at radius 1 is 1.45 bits per heavy atom. The molecular formula is C22H24ClN5O3. The van der Waals surface area contributed by atoms with Gasteiger partial charge in [0.1, 0.15) is 12.4 Å². The molecule has 8 nitrogen and oxygen atoms in total. The van der Waals surface area contributed by atoms with Crippen molar-refractivity contribution in [1.82, 2.24) is 20.3 Å². The Bertz CT molecular complexity index is 1040. The Balaban J connectivity index is 1.61. The Kier molecular flexibility index (Phi) is 7.25. The molecule has 1 aromatic heterocycles. The van der Waals surface area contributed by atoms with E-state index in [1.54, 1.807) is 42.2 Å². The van der Waals surface area contributed by atoms with Gasteiger partial charge in [-0.15, -0.1) is 5.10 Å². The van der Waals surface area contributed by atoms with Crippen molar-refractivity contribution in [2.45, 2.75) is 13.5 Å². The van der Waals surface area contributed by atoms with Crippen LogP contribution in [0.3, 0.4) is 0 Å². The largest absolute Gasteiger partial charge is 0.490 e. The fourth-order valence-electron chi connectivity index (χ4n) is 3.08. The number of hydrogen-bond donors (Lipinski definition) is 1. The number of carbonyl (C=O) groups excluding carboxylic acids is 2. The number of allylic oxidation sites excluding steroid dienone is 5. The van der Waals surface area contributed by atoms with Crippen LogP contribution in [0.25, 0.3) is 0 Å². The molecule has 0 aliphatic carbocycles. The maximum atomic E-state index is 12.8. The molecule has 1 N–H and O–H groups in total. The molecule has 0 bridgehead atoms. The summed E-state index contributed by atoms with van der Waals surface area (Å²) in [5.41, 5.74) is 1.77. The summed E-state index contributed by atoms with van der Waals surface area (Å²) in [5.74, 6) is -0.553. The highest BCUT2D eigenvalue weighted by molar-refractivity contribution is 6.31. The van der Waals surface area contributed by atoms with Crippen molar-refractivity contribution in [2.75, 3.05) is 25.1 Å². The summed E-state index contributed by atoms with van der Waals surface area (Å²) in [6, 6.07) is 5.11. The van der Waals surface area contributed by atoms with Crippen LogP contribution in [-0.2, 0) is 11.3 Å². The van der Waals surface area contributed by atoms with Crippen molar-refractivity contribution in [3.63, 3.8) is 0 Å². The number of halogens is 1. The lowest BCUT2D eigenvalue weighted by molar-refractivity contribution is -0.122. The van der Waals surface area contributed by atoms with Crippen LogP contribution in [0.2, 0.25) is 5.02 Å². The maximum absolute atomic E-state index is 12.8.